The molecule has 11 nitrogen and oxygen atoms in total. The molecular weight excluding hydrogens is 591 g/mol. The molecule has 17 heteroatoms. The SMILES string of the molecule is CC(C)S(=O)(=O)c1ccc(-c2cc(S(=O)(=O)NC3(C#N)CC3)cc3c(-c4nnc(C(F)(F)F)s4)nn(C)c23)cn1. The van der Waals surface area contributed by atoms with E-state index in [0.29, 0.717) is 23.9 Å². The quantitative estimate of drug-likeness (QED) is 0.329. The molecule has 3 heterocycles. The van der Waals surface area contributed by atoms with Crippen LogP contribution in [0.5, 0.6) is 0 Å². The molecule has 1 fully saturated rings. The van der Waals surface area contributed by atoms with Gasteiger partial charge in [-0.2, -0.15) is 28.3 Å². The first-order valence-corrected chi connectivity index (χ1v) is 15.5. The van der Waals surface area contributed by atoms with Crippen molar-refractivity contribution in [3.05, 3.63) is 35.5 Å². The molecule has 0 atom stereocenters. The van der Waals surface area contributed by atoms with Crippen LogP contribution in [-0.2, 0) is 33.1 Å². The Labute approximate surface area is 230 Å². The zero-order chi connectivity index (χ0) is 29.3. The summed E-state index contributed by atoms with van der Waals surface area (Å²) >= 11 is 0.257. The average molecular weight is 612 g/mol. The molecule has 0 unspecified atom stereocenters. The van der Waals surface area contributed by atoms with Gasteiger partial charge in [0.2, 0.25) is 15.0 Å². The maximum atomic E-state index is 13.4. The van der Waals surface area contributed by atoms with Gasteiger partial charge < -0.3 is 0 Å². The molecule has 5 rings (SSSR count). The largest absolute Gasteiger partial charge is 0.445 e. The number of aryl methyl sites for hydroxylation is 1. The molecule has 1 N–H and O–H groups in total. The smallest absolute Gasteiger partial charge is 0.267 e. The minimum absolute atomic E-state index is 0.0304. The molecule has 0 saturated heterocycles. The van der Waals surface area contributed by atoms with Crippen molar-refractivity contribution in [1.29, 1.82) is 5.26 Å². The molecule has 4 aromatic rings. The lowest BCUT2D eigenvalue weighted by Crippen LogP contribution is -2.35. The number of pyridine rings is 1. The Balaban J connectivity index is 1.74. The number of nitriles is 1. The number of nitrogens with zero attached hydrogens (tertiary/aromatic N) is 6. The number of rotatable bonds is 7. The lowest BCUT2D eigenvalue weighted by atomic mass is 10.0. The number of sulfone groups is 1. The van der Waals surface area contributed by atoms with Crippen LogP contribution in [0.25, 0.3) is 32.7 Å². The van der Waals surface area contributed by atoms with Crippen molar-refractivity contribution < 1.29 is 30.0 Å². The summed E-state index contributed by atoms with van der Waals surface area (Å²) in [5.41, 5.74) is -0.338. The standard InChI is InChI=1S/C23H20F3N7O4S3/c1-12(2)39(34,35)17-5-4-13(10-28-17)15-8-14(40(36,37)32-22(11-27)6-7-22)9-16-18(31-33(3)19(15)16)20-29-30-21(38-20)23(24,25)26/h4-5,8-10,12,32H,6-7H2,1-3H3. The van der Waals surface area contributed by atoms with Gasteiger partial charge >= 0.3 is 6.18 Å². The third kappa shape index (κ3) is 4.85. The predicted molar refractivity (Wildman–Crippen MR) is 138 cm³/mol. The highest BCUT2D eigenvalue weighted by Gasteiger charge is 2.47. The van der Waals surface area contributed by atoms with Crippen LogP contribution < -0.4 is 4.72 Å². The average Bonchev–Trinajstić information content (AvgIpc) is 3.30. The first-order chi connectivity index (χ1) is 18.6. The van der Waals surface area contributed by atoms with Crippen LogP contribution in [0.2, 0.25) is 0 Å². The van der Waals surface area contributed by atoms with Crippen LogP contribution in [0.1, 0.15) is 31.7 Å². The molecule has 0 spiro atoms. The first kappa shape index (κ1) is 28.1. The highest BCUT2D eigenvalue weighted by molar-refractivity contribution is 7.92. The first-order valence-electron chi connectivity index (χ1n) is 11.7. The van der Waals surface area contributed by atoms with E-state index in [2.05, 4.69) is 25.0 Å². The predicted octanol–water partition coefficient (Wildman–Crippen LogP) is 3.69. The lowest BCUT2D eigenvalue weighted by Gasteiger charge is -2.13. The van der Waals surface area contributed by atoms with E-state index in [1.54, 1.807) is 0 Å². The third-order valence-electron chi connectivity index (χ3n) is 6.35. The number of hydrogen-bond donors (Lipinski definition) is 1. The normalized spacial score (nSPS) is 15.4. The van der Waals surface area contributed by atoms with Crippen LogP contribution in [0.3, 0.4) is 0 Å². The minimum Gasteiger partial charge on any atom is -0.267 e. The summed E-state index contributed by atoms with van der Waals surface area (Å²) in [7, 11) is -6.44. The molecule has 1 aliphatic rings. The van der Waals surface area contributed by atoms with Crippen LogP contribution in [0.15, 0.2) is 40.4 Å². The van der Waals surface area contributed by atoms with Crippen LogP contribution in [-0.4, -0.2) is 52.6 Å². The Bertz CT molecular complexity index is 1900. The van der Waals surface area contributed by atoms with E-state index in [-0.39, 0.29) is 42.9 Å². The van der Waals surface area contributed by atoms with Crippen molar-refractivity contribution in [2.45, 2.75) is 53.6 Å². The molecule has 210 valence electrons. The highest BCUT2D eigenvalue weighted by atomic mass is 32.2. The second kappa shape index (κ2) is 9.29. The van der Waals surface area contributed by atoms with Gasteiger partial charge in [0.25, 0.3) is 0 Å². The summed E-state index contributed by atoms with van der Waals surface area (Å²) in [4.78, 5) is 3.81. The number of sulfonamides is 1. The molecular formula is C23H20F3N7O4S3. The van der Waals surface area contributed by atoms with Crippen molar-refractivity contribution in [1.82, 2.24) is 29.7 Å². The van der Waals surface area contributed by atoms with Crippen LogP contribution in [0.4, 0.5) is 13.2 Å². The second-order valence-corrected chi connectivity index (χ2v) is 14.6. The molecule has 0 aliphatic heterocycles. The fourth-order valence-electron chi connectivity index (χ4n) is 3.98. The van der Waals surface area contributed by atoms with E-state index in [1.807, 2.05) is 6.07 Å². The number of aromatic nitrogens is 5. The van der Waals surface area contributed by atoms with Gasteiger partial charge in [0.15, 0.2) is 19.9 Å². The van der Waals surface area contributed by atoms with Gasteiger partial charge in [-0.25, -0.2) is 21.8 Å². The Morgan fingerprint density at radius 2 is 1.85 bits per heavy atom. The van der Waals surface area contributed by atoms with E-state index >= 15 is 0 Å². The van der Waals surface area contributed by atoms with E-state index < -0.39 is 41.8 Å². The van der Waals surface area contributed by atoms with Gasteiger partial charge in [-0.15, -0.1) is 10.2 Å². The highest BCUT2D eigenvalue weighted by Crippen LogP contribution is 2.41. The molecule has 0 bridgehead atoms. The van der Waals surface area contributed by atoms with Crippen molar-refractivity contribution in [3.63, 3.8) is 0 Å². The van der Waals surface area contributed by atoms with Crippen LogP contribution >= 0.6 is 11.3 Å². The number of nitrogens with one attached hydrogen (secondary N) is 1. The van der Waals surface area contributed by atoms with E-state index in [4.69, 9.17) is 0 Å². The van der Waals surface area contributed by atoms with Gasteiger partial charge in [0.1, 0.15) is 11.2 Å². The Hall–Kier alpha value is -3.46. The van der Waals surface area contributed by atoms with Gasteiger partial charge in [-0.1, -0.05) is 11.3 Å². The summed E-state index contributed by atoms with van der Waals surface area (Å²) in [5, 5.41) is 18.5. The van der Waals surface area contributed by atoms with Gasteiger partial charge in [-0.3, -0.25) is 4.68 Å². The van der Waals surface area contributed by atoms with Crippen molar-refractivity contribution >= 4 is 42.1 Å². The molecule has 40 heavy (non-hydrogen) atoms. The molecule has 0 amide bonds. The molecule has 3 aromatic heterocycles. The van der Waals surface area contributed by atoms with Crippen molar-refractivity contribution in [2.75, 3.05) is 0 Å². The van der Waals surface area contributed by atoms with Crippen LogP contribution in [0, 0.1) is 11.3 Å². The van der Waals surface area contributed by atoms with Crippen molar-refractivity contribution in [2.24, 2.45) is 7.05 Å². The van der Waals surface area contributed by atoms with Gasteiger partial charge in [-0.05, 0) is 51.0 Å². The fourth-order valence-corrected chi connectivity index (χ4v) is 7.06. The lowest BCUT2D eigenvalue weighted by molar-refractivity contribution is -0.138. The Morgan fingerprint density at radius 3 is 2.38 bits per heavy atom. The molecule has 1 saturated carbocycles. The number of halogens is 3. The number of hydrogen-bond acceptors (Lipinski definition) is 10. The number of benzene rings is 1. The Kier molecular flexibility index (Phi) is 6.53. The molecule has 1 aromatic carbocycles. The molecule has 1 aliphatic carbocycles. The molecule has 0 radical (unpaired) electrons. The topological polar surface area (TPSA) is 161 Å². The maximum absolute atomic E-state index is 13.4. The van der Waals surface area contributed by atoms with E-state index in [1.165, 1.54) is 56.0 Å². The zero-order valence-corrected chi connectivity index (χ0v) is 23.5. The summed E-state index contributed by atoms with van der Waals surface area (Å²) in [5.74, 6) is 0. The summed E-state index contributed by atoms with van der Waals surface area (Å²) < 4.78 is 95.3. The third-order valence-corrected chi connectivity index (χ3v) is 10.9. The van der Waals surface area contributed by atoms with E-state index in [9.17, 15) is 35.3 Å². The maximum Gasteiger partial charge on any atom is 0.445 e. The Morgan fingerprint density at radius 1 is 1.15 bits per heavy atom. The fraction of sp³-hybridized carbons (Fsp3) is 0.348. The second-order valence-electron chi connectivity index (χ2n) is 9.53. The number of fused-ring (bicyclic) bond motifs is 1. The summed E-state index contributed by atoms with van der Waals surface area (Å²) in [6, 6.07) is 7.27. The summed E-state index contributed by atoms with van der Waals surface area (Å²) in [6.45, 7) is 3.02. The summed E-state index contributed by atoms with van der Waals surface area (Å²) in [6.07, 6.45) is -2.80. The van der Waals surface area contributed by atoms with Gasteiger partial charge in [0, 0.05) is 29.8 Å². The van der Waals surface area contributed by atoms with E-state index in [0.717, 1.165) is 0 Å². The number of alkyl halides is 3. The van der Waals surface area contributed by atoms with Crippen molar-refractivity contribution in [3.8, 4) is 27.9 Å². The minimum atomic E-state index is -4.73. The van der Waals surface area contributed by atoms with Gasteiger partial charge in [0.05, 0.1) is 21.7 Å². The zero-order valence-electron chi connectivity index (χ0n) is 21.1. The monoisotopic (exact) mass is 611 g/mol.